The molecular weight excluding hydrogens is 363 g/mol. The van der Waals surface area contributed by atoms with Crippen LogP contribution in [-0.4, -0.2) is 57.2 Å². The van der Waals surface area contributed by atoms with E-state index < -0.39 is 9.84 Å². The SMILES string of the molecule is COCCN(C(=O)Nc1ccc(Cl)c(Cl)c1)C1CCS(=O)(=O)C1. The van der Waals surface area contributed by atoms with E-state index in [1.807, 2.05) is 0 Å². The molecule has 6 nitrogen and oxygen atoms in total. The second kappa shape index (κ2) is 7.70. The van der Waals surface area contributed by atoms with Gasteiger partial charge in [0.2, 0.25) is 0 Å². The van der Waals surface area contributed by atoms with Crippen molar-refractivity contribution in [3.05, 3.63) is 28.2 Å². The molecule has 0 saturated carbocycles. The molecule has 0 aromatic heterocycles. The summed E-state index contributed by atoms with van der Waals surface area (Å²) in [5.74, 6) is 0.0761. The third kappa shape index (κ3) is 4.97. The maximum absolute atomic E-state index is 12.5. The molecule has 1 aromatic carbocycles. The van der Waals surface area contributed by atoms with Crippen LogP contribution < -0.4 is 5.32 Å². The summed E-state index contributed by atoms with van der Waals surface area (Å²) in [6, 6.07) is 4.02. The molecule has 1 N–H and O–H groups in total. The zero-order valence-electron chi connectivity index (χ0n) is 12.6. The highest BCUT2D eigenvalue weighted by atomic mass is 35.5. The molecule has 1 heterocycles. The second-order valence-electron chi connectivity index (χ2n) is 5.30. The first-order valence-corrected chi connectivity index (χ1v) is 9.62. The summed E-state index contributed by atoms with van der Waals surface area (Å²) in [4.78, 5) is 14.0. The normalized spacial score (nSPS) is 19.5. The summed E-state index contributed by atoms with van der Waals surface area (Å²) in [5, 5.41) is 3.44. The van der Waals surface area contributed by atoms with Gasteiger partial charge in [-0.15, -0.1) is 0 Å². The molecule has 23 heavy (non-hydrogen) atoms. The van der Waals surface area contributed by atoms with Crippen LogP contribution in [0.15, 0.2) is 18.2 Å². The van der Waals surface area contributed by atoms with E-state index >= 15 is 0 Å². The Morgan fingerprint density at radius 2 is 2.13 bits per heavy atom. The Kier molecular flexibility index (Phi) is 6.13. The van der Waals surface area contributed by atoms with Gasteiger partial charge in [-0.05, 0) is 24.6 Å². The minimum Gasteiger partial charge on any atom is -0.383 e. The Morgan fingerprint density at radius 3 is 2.70 bits per heavy atom. The lowest BCUT2D eigenvalue weighted by molar-refractivity contribution is 0.140. The summed E-state index contributed by atoms with van der Waals surface area (Å²) in [6.45, 7) is 0.634. The Labute approximate surface area is 145 Å². The van der Waals surface area contributed by atoms with Gasteiger partial charge in [-0.3, -0.25) is 0 Å². The fourth-order valence-electron chi connectivity index (χ4n) is 2.43. The van der Waals surface area contributed by atoms with Crippen molar-refractivity contribution in [2.45, 2.75) is 12.5 Å². The van der Waals surface area contributed by atoms with Gasteiger partial charge in [-0.25, -0.2) is 13.2 Å². The van der Waals surface area contributed by atoms with E-state index in [0.29, 0.717) is 35.3 Å². The topological polar surface area (TPSA) is 75.7 Å². The Morgan fingerprint density at radius 1 is 1.39 bits per heavy atom. The number of carbonyl (C=O) groups is 1. The molecule has 1 aliphatic heterocycles. The molecule has 1 aliphatic rings. The molecule has 128 valence electrons. The molecule has 1 unspecified atom stereocenters. The second-order valence-corrected chi connectivity index (χ2v) is 8.35. The van der Waals surface area contributed by atoms with E-state index in [2.05, 4.69) is 5.32 Å². The third-order valence-corrected chi connectivity index (χ3v) is 6.11. The zero-order chi connectivity index (χ0) is 17.0. The Balaban J connectivity index is 2.11. The quantitative estimate of drug-likeness (QED) is 0.851. The average Bonchev–Trinajstić information content (AvgIpc) is 2.83. The fraction of sp³-hybridized carbons (Fsp3) is 0.500. The summed E-state index contributed by atoms with van der Waals surface area (Å²) < 4.78 is 28.3. The van der Waals surface area contributed by atoms with E-state index in [-0.39, 0.29) is 23.6 Å². The maximum Gasteiger partial charge on any atom is 0.322 e. The van der Waals surface area contributed by atoms with Gasteiger partial charge in [0.15, 0.2) is 9.84 Å². The van der Waals surface area contributed by atoms with Gasteiger partial charge >= 0.3 is 6.03 Å². The molecular formula is C14H18Cl2N2O4S. The maximum atomic E-state index is 12.5. The van der Waals surface area contributed by atoms with Gasteiger partial charge in [-0.2, -0.15) is 0 Å². The van der Waals surface area contributed by atoms with Gasteiger partial charge in [0, 0.05) is 25.4 Å². The molecule has 0 radical (unpaired) electrons. The Hall–Kier alpha value is -1.02. The minimum absolute atomic E-state index is 0.0223. The fourth-order valence-corrected chi connectivity index (χ4v) is 4.46. The number of nitrogens with zero attached hydrogens (tertiary/aromatic N) is 1. The number of ether oxygens (including phenoxy) is 1. The van der Waals surface area contributed by atoms with Gasteiger partial charge in [0.05, 0.1) is 28.2 Å². The van der Waals surface area contributed by atoms with Crippen LogP contribution in [0.5, 0.6) is 0 Å². The predicted octanol–water partition coefficient (Wildman–Crippen LogP) is 2.66. The van der Waals surface area contributed by atoms with Crippen molar-refractivity contribution >= 4 is 44.8 Å². The summed E-state index contributed by atoms with van der Waals surface area (Å²) in [6.07, 6.45) is 0.431. The number of urea groups is 1. The number of methoxy groups -OCH3 is 1. The van der Waals surface area contributed by atoms with E-state index in [4.69, 9.17) is 27.9 Å². The molecule has 0 aliphatic carbocycles. The first-order chi connectivity index (χ1) is 10.8. The number of carbonyl (C=O) groups excluding carboxylic acids is 1. The molecule has 2 rings (SSSR count). The smallest absolute Gasteiger partial charge is 0.322 e. The van der Waals surface area contributed by atoms with Crippen molar-refractivity contribution < 1.29 is 17.9 Å². The standard InChI is InChI=1S/C14H18Cl2N2O4S/c1-22-6-5-18(11-4-7-23(20,21)9-11)14(19)17-10-2-3-12(15)13(16)8-10/h2-3,8,11H,4-7,9H2,1H3,(H,17,19). The molecule has 0 bridgehead atoms. The van der Waals surface area contributed by atoms with Crippen molar-refractivity contribution in [2.75, 3.05) is 37.1 Å². The van der Waals surface area contributed by atoms with E-state index in [0.717, 1.165) is 0 Å². The van der Waals surface area contributed by atoms with Gasteiger partial charge in [-0.1, -0.05) is 23.2 Å². The van der Waals surface area contributed by atoms with Crippen LogP contribution in [0.1, 0.15) is 6.42 Å². The zero-order valence-corrected chi connectivity index (χ0v) is 14.9. The van der Waals surface area contributed by atoms with Crippen LogP contribution in [0.3, 0.4) is 0 Å². The van der Waals surface area contributed by atoms with Crippen molar-refractivity contribution in [3.63, 3.8) is 0 Å². The van der Waals surface area contributed by atoms with Crippen LogP contribution >= 0.6 is 23.2 Å². The molecule has 1 aromatic rings. The lowest BCUT2D eigenvalue weighted by atomic mass is 10.2. The monoisotopic (exact) mass is 380 g/mol. The van der Waals surface area contributed by atoms with Crippen molar-refractivity contribution in [3.8, 4) is 0 Å². The van der Waals surface area contributed by atoms with Crippen LogP contribution in [0.4, 0.5) is 10.5 Å². The minimum atomic E-state index is -3.09. The van der Waals surface area contributed by atoms with Crippen molar-refractivity contribution in [1.29, 1.82) is 0 Å². The van der Waals surface area contributed by atoms with E-state index in [9.17, 15) is 13.2 Å². The van der Waals surface area contributed by atoms with Gasteiger partial charge in [0.1, 0.15) is 0 Å². The van der Waals surface area contributed by atoms with Crippen LogP contribution in [0.2, 0.25) is 10.0 Å². The molecule has 1 fully saturated rings. The number of hydrogen-bond acceptors (Lipinski definition) is 4. The third-order valence-electron chi connectivity index (χ3n) is 3.62. The highest BCUT2D eigenvalue weighted by Crippen LogP contribution is 2.26. The number of anilines is 1. The summed E-state index contributed by atoms with van der Waals surface area (Å²) in [7, 11) is -1.56. The Bertz CT molecular complexity index is 681. The molecule has 9 heteroatoms. The van der Waals surface area contributed by atoms with Gasteiger partial charge in [0.25, 0.3) is 0 Å². The molecule has 1 atom stereocenters. The largest absolute Gasteiger partial charge is 0.383 e. The number of amides is 2. The van der Waals surface area contributed by atoms with Gasteiger partial charge < -0.3 is 15.0 Å². The first kappa shape index (κ1) is 18.3. The first-order valence-electron chi connectivity index (χ1n) is 7.04. The number of nitrogens with one attached hydrogen (secondary N) is 1. The van der Waals surface area contributed by atoms with Crippen LogP contribution in [0, 0.1) is 0 Å². The lowest BCUT2D eigenvalue weighted by Gasteiger charge is -2.28. The van der Waals surface area contributed by atoms with E-state index in [1.54, 1.807) is 18.2 Å². The number of sulfone groups is 1. The predicted molar refractivity (Wildman–Crippen MR) is 91.1 cm³/mol. The van der Waals surface area contributed by atoms with Crippen LogP contribution in [0.25, 0.3) is 0 Å². The number of rotatable bonds is 5. The summed E-state index contributed by atoms with van der Waals surface area (Å²) >= 11 is 11.8. The average molecular weight is 381 g/mol. The van der Waals surface area contributed by atoms with Crippen molar-refractivity contribution in [2.24, 2.45) is 0 Å². The number of benzene rings is 1. The molecule has 2 amide bonds. The van der Waals surface area contributed by atoms with Crippen LogP contribution in [-0.2, 0) is 14.6 Å². The van der Waals surface area contributed by atoms with E-state index in [1.165, 1.54) is 12.0 Å². The summed E-state index contributed by atoms with van der Waals surface area (Å²) in [5.41, 5.74) is 0.493. The highest BCUT2D eigenvalue weighted by Gasteiger charge is 2.34. The molecule has 0 spiro atoms. The highest BCUT2D eigenvalue weighted by molar-refractivity contribution is 7.91. The lowest BCUT2D eigenvalue weighted by Crippen LogP contribution is -2.45. The number of hydrogen-bond donors (Lipinski definition) is 1. The van der Waals surface area contributed by atoms with Crippen molar-refractivity contribution in [1.82, 2.24) is 4.90 Å². The molecule has 1 saturated heterocycles. The number of halogens is 2.